The van der Waals surface area contributed by atoms with Crippen LogP contribution in [0.15, 0.2) is 6.07 Å². The Labute approximate surface area is 118 Å². The summed E-state index contributed by atoms with van der Waals surface area (Å²) in [5.41, 5.74) is 1.47. The number of benzene rings is 1. The number of rotatable bonds is 2. The second-order valence-corrected chi connectivity index (χ2v) is 5.54. The Bertz CT molecular complexity index is 702. The van der Waals surface area contributed by atoms with E-state index in [2.05, 4.69) is 4.74 Å². The zero-order valence-corrected chi connectivity index (χ0v) is 12.1. The molecule has 1 heterocycles. The second kappa shape index (κ2) is 4.83. The molecule has 0 aliphatic heterocycles. The fourth-order valence-corrected chi connectivity index (χ4v) is 3.49. The summed E-state index contributed by atoms with van der Waals surface area (Å²) >= 11 is 7.21. The molecule has 100 valence electrons. The number of hydrogen-bond acceptors (Lipinski definition) is 4. The van der Waals surface area contributed by atoms with Gasteiger partial charge in [0.15, 0.2) is 0 Å². The molecule has 4 nitrogen and oxygen atoms in total. The van der Waals surface area contributed by atoms with Crippen LogP contribution in [0.3, 0.4) is 0 Å². The molecule has 19 heavy (non-hydrogen) atoms. The van der Waals surface area contributed by atoms with Crippen molar-refractivity contribution in [2.24, 2.45) is 0 Å². The summed E-state index contributed by atoms with van der Waals surface area (Å²) in [5, 5.41) is 10.4. The van der Waals surface area contributed by atoms with Crippen LogP contribution in [0.4, 0.5) is 0 Å². The number of halogens is 1. The van der Waals surface area contributed by atoms with E-state index in [1.165, 1.54) is 7.11 Å². The number of carbonyl (C=O) groups excluding carboxylic acids is 1. The first-order chi connectivity index (χ1) is 8.88. The standard InChI is InChI=1S/C13H11ClO4S/c1-5-4-7(14)6(2)8-9(12(15)16)11(13(17)18-3)19-10(5)8/h4H,1-3H3,(H,15,16). The molecular weight excluding hydrogens is 288 g/mol. The summed E-state index contributed by atoms with van der Waals surface area (Å²) in [5.74, 6) is -1.80. The van der Waals surface area contributed by atoms with Crippen molar-refractivity contribution in [2.45, 2.75) is 13.8 Å². The Balaban J connectivity index is 2.98. The fraction of sp³-hybridized carbons (Fsp3) is 0.231. The third-order valence-corrected chi connectivity index (χ3v) is 4.63. The average Bonchev–Trinajstić information content (AvgIpc) is 2.76. The third-order valence-electron chi connectivity index (χ3n) is 2.93. The maximum absolute atomic E-state index is 11.7. The van der Waals surface area contributed by atoms with E-state index < -0.39 is 11.9 Å². The summed E-state index contributed by atoms with van der Waals surface area (Å²) < 4.78 is 5.39. The van der Waals surface area contributed by atoms with Crippen molar-refractivity contribution in [2.75, 3.05) is 7.11 Å². The number of ether oxygens (including phenoxy) is 1. The van der Waals surface area contributed by atoms with Gasteiger partial charge in [0, 0.05) is 15.1 Å². The van der Waals surface area contributed by atoms with Crippen molar-refractivity contribution in [1.82, 2.24) is 0 Å². The molecule has 0 aliphatic carbocycles. The van der Waals surface area contributed by atoms with E-state index in [9.17, 15) is 14.7 Å². The van der Waals surface area contributed by atoms with Gasteiger partial charge in [-0.05, 0) is 31.0 Å². The van der Waals surface area contributed by atoms with E-state index in [1.54, 1.807) is 13.0 Å². The minimum absolute atomic E-state index is 0.0325. The van der Waals surface area contributed by atoms with Crippen LogP contribution in [0, 0.1) is 13.8 Å². The second-order valence-electron chi connectivity index (χ2n) is 4.11. The molecule has 6 heteroatoms. The van der Waals surface area contributed by atoms with Gasteiger partial charge in [0.2, 0.25) is 0 Å². The van der Waals surface area contributed by atoms with Crippen molar-refractivity contribution in [1.29, 1.82) is 0 Å². The summed E-state index contributed by atoms with van der Waals surface area (Å²) in [6, 6.07) is 1.77. The molecule has 0 atom stereocenters. The smallest absolute Gasteiger partial charge is 0.348 e. The van der Waals surface area contributed by atoms with Gasteiger partial charge in [-0.15, -0.1) is 11.3 Å². The van der Waals surface area contributed by atoms with Gasteiger partial charge in [-0.25, -0.2) is 9.59 Å². The largest absolute Gasteiger partial charge is 0.478 e. The predicted octanol–water partition coefficient (Wildman–Crippen LogP) is 3.66. The van der Waals surface area contributed by atoms with Crippen LogP contribution in [0.1, 0.15) is 31.2 Å². The molecule has 1 aromatic carbocycles. The molecular formula is C13H11ClO4S. The summed E-state index contributed by atoms with van der Waals surface area (Å²) in [4.78, 5) is 23.3. The van der Waals surface area contributed by atoms with Gasteiger partial charge in [0.1, 0.15) is 4.88 Å². The van der Waals surface area contributed by atoms with E-state index >= 15 is 0 Å². The van der Waals surface area contributed by atoms with E-state index in [-0.39, 0.29) is 10.4 Å². The predicted molar refractivity (Wildman–Crippen MR) is 74.6 cm³/mol. The number of thiophene rings is 1. The van der Waals surface area contributed by atoms with Crippen molar-refractivity contribution in [3.8, 4) is 0 Å². The molecule has 0 fully saturated rings. The average molecular weight is 299 g/mol. The number of hydrogen-bond donors (Lipinski definition) is 1. The Morgan fingerprint density at radius 3 is 2.53 bits per heavy atom. The van der Waals surface area contributed by atoms with Gasteiger partial charge >= 0.3 is 11.9 Å². The topological polar surface area (TPSA) is 63.6 Å². The molecule has 1 N–H and O–H groups in total. The van der Waals surface area contributed by atoms with Crippen molar-refractivity contribution in [3.05, 3.63) is 32.7 Å². The molecule has 2 rings (SSSR count). The Morgan fingerprint density at radius 1 is 1.37 bits per heavy atom. The lowest BCUT2D eigenvalue weighted by Crippen LogP contribution is -2.06. The molecule has 0 spiro atoms. The van der Waals surface area contributed by atoms with Crippen LogP contribution in [0.2, 0.25) is 5.02 Å². The molecule has 2 aromatic rings. The monoisotopic (exact) mass is 298 g/mol. The van der Waals surface area contributed by atoms with Crippen LogP contribution in [0.5, 0.6) is 0 Å². The SMILES string of the molecule is COC(=O)c1sc2c(C)cc(Cl)c(C)c2c1C(=O)O. The number of esters is 1. The van der Waals surface area contributed by atoms with Gasteiger partial charge in [0.05, 0.1) is 12.7 Å². The van der Waals surface area contributed by atoms with Gasteiger partial charge < -0.3 is 9.84 Å². The lowest BCUT2D eigenvalue weighted by atomic mass is 10.0. The van der Waals surface area contributed by atoms with Crippen molar-refractivity contribution < 1.29 is 19.4 Å². The van der Waals surface area contributed by atoms with E-state index in [0.29, 0.717) is 16.0 Å². The van der Waals surface area contributed by atoms with Gasteiger partial charge in [0.25, 0.3) is 0 Å². The highest BCUT2D eigenvalue weighted by Gasteiger charge is 2.26. The Kier molecular flexibility index (Phi) is 3.52. The molecule has 1 aromatic heterocycles. The number of carboxylic acid groups (broad SMARTS) is 1. The molecule has 0 radical (unpaired) electrons. The summed E-state index contributed by atoms with van der Waals surface area (Å²) in [6.45, 7) is 3.57. The Hall–Kier alpha value is -1.59. The minimum atomic E-state index is -1.16. The molecule has 0 aliphatic rings. The van der Waals surface area contributed by atoms with Crippen LogP contribution in [-0.2, 0) is 4.74 Å². The van der Waals surface area contributed by atoms with Crippen LogP contribution in [-0.4, -0.2) is 24.2 Å². The van der Waals surface area contributed by atoms with Gasteiger partial charge in [-0.3, -0.25) is 0 Å². The maximum Gasteiger partial charge on any atom is 0.348 e. The third kappa shape index (κ3) is 2.09. The van der Waals surface area contributed by atoms with Gasteiger partial charge in [-0.1, -0.05) is 11.6 Å². The summed E-state index contributed by atoms with van der Waals surface area (Å²) in [6.07, 6.45) is 0. The molecule has 0 amide bonds. The van der Waals surface area contributed by atoms with Crippen molar-refractivity contribution in [3.63, 3.8) is 0 Å². The molecule has 0 saturated heterocycles. The first-order valence-corrected chi connectivity index (χ1v) is 6.61. The van der Waals surface area contributed by atoms with Crippen LogP contribution in [0.25, 0.3) is 10.1 Å². The number of methoxy groups -OCH3 is 1. The van der Waals surface area contributed by atoms with E-state index in [4.69, 9.17) is 11.6 Å². The number of carbonyl (C=O) groups is 2. The highest BCUT2D eigenvalue weighted by atomic mass is 35.5. The molecule has 0 saturated carbocycles. The number of aromatic carboxylic acids is 1. The lowest BCUT2D eigenvalue weighted by molar-refractivity contribution is 0.0589. The van der Waals surface area contributed by atoms with Crippen molar-refractivity contribution >= 4 is 45.0 Å². The van der Waals surface area contributed by atoms with E-state index in [1.807, 2.05) is 6.92 Å². The van der Waals surface area contributed by atoms with Crippen LogP contribution < -0.4 is 0 Å². The van der Waals surface area contributed by atoms with E-state index in [0.717, 1.165) is 21.6 Å². The molecule has 0 unspecified atom stereocenters. The summed E-state index contributed by atoms with van der Waals surface area (Å²) in [7, 11) is 1.23. The fourth-order valence-electron chi connectivity index (χ4n) is 1.99. The highest BCUT2D eigenvalue weighted by molar-refractivity contribution is 7.21. The number of carboxylic acids is 1. The zero-order chi connectivity index (χ0) is 14.3. The zero-order valence-electron chi connectivity index (χ0n) is 10.5. The quantitative estimate of drug-likeness (QED) is 0.859. The minimum Gasteiger partial charge on any atom is -0.478 e. The molecule has 0 bridgehead atoms. The first kappa shape index (κ1) is 13.8. The number of fused-ring (bicyclic) bond motifs is 1. The maximum atomic E-state index is 11.7. The lowest BCUT2D eigenvalue weighted by Gasteiger charge is -2.04. The van der Waals surface area contributed by atoms with Gasteiger partial charge in [-0.2, -0.15) is 0 Å². The highest BCUT2D eigenvalue weighted by Crippen LogP contribution is 2.39. The normalized spacial score (nSPS) is 10.7. The Morgan fingerprint density at radius 2 is 2.00 bits per heavy atom. The number of aryl methyl sites for hydroxylation is 2. The first-order valence-electron chi connectivity index (χ1n) is 5.42. The van der Waals surface area contributed by atoms with Crippen LogP contribution >= 0.6 is 22.9 Å².